The highest BCUT2D eigenvalue weighted by atomic mass is 16.5. The number of carbonyl (C=O) groups excluding carboxylic acids is 1. The Morgan fingerprint density at radius 3 is 2.33 bits per heavy atom. The summed E-state index contributed by atoms with van der Waals surface area (Å²) in [7, 11) is 1.57. The van der Waals surface area contributed by atoms with Crippen LogP contribution in [0.2, 0.25) is 0 Å². The van der Waals surface area contributed by atoms with Crippen molar-refractivity contribution >= 4 is 11.8 Å². The number of methoxy groups -OCH3 is 1. The topological polar surface area (TPSA) is 63.6 Å². The van der Waals surface area contributed by atoms with Crippen molar-refractivity contribution in [3.63, 3.8) is 0 Å². The van der Waals surface area contributed by atoms with Crippen molar-refractivity contribution in [3.8, 4) is 5.75 Å². The predicted octanol–water partition coefficient (Wildman–Crippen LogP) is 2.65. The van der Waals surface area contributed by atoms with Gasteiger partial charge in [0.15, 0.2) is 5.78 Å². The van der Waals surface area contributed by atoms with Gasteiger partial charge in [0.1, 0.15) is 12.2 Å². The minimum Gasteiger partial charge on any atom is -0.496 e. The van der Waals surface area contributed by atoms with Gasteiger partial charge in [0.05, 0.1) is 7.11 Å². The lowest BCUT2D eigenvalue weighted by molar-refractivity contribution is -0.135. The Kier molecular flexibility index (Phi) is 4.11. The maximum absolute atomic E-state index is 11.7. The third kappa shape index (κ3) is 3.32. The van der Waals surface area contributed by atoms with Crippen molar-refractivity contribution in [1.29, 1.82) is 0 Å². The van der Waals surface area contributed by atoms with E-state index >= 15 is 0 Å². The molecule has 4 nitrogen and oxygen atoms in total. The van der Waals surface area contributed by atoms with E-state index in [1.807, 2.05) is 20.8 Å². The zero-order valence-electron chi connectivity index (χ0n) is 11.1. The Labute approximate surface area is 107 Å². The van der Waals surface area contributed by atoms with Crippen LogP contribution in [0.5, 0.6) is 5.75 Å². The fourth-order valence-corrected chi connectivity index (χ4v) is 1.71. The SMILES string of the molecule is COc1ccc(C(=O)CC(=O)O)cc1C(C)(C)C. The lowest BCUT2D eigenvalue weighted by Crippen LogP contribution is -2.15. The molecular formula is C14H18O4. The van der Waals surface area contributed by atoms with E-state index in [0.717, 1.165) is 5.56 Å². The molecule has 98 valence electrons. The third-order valence-corrected chi connectivity index (χ3v) is 2.64. The van der Waals surface area contributed by atoms with E-state index < -0.39 is 18.2 Å². The standard InChI is InChI=1S/C14H18O4/c1-14(2,3)10-7-9(5-6-12(10)18-4)11(15)8-13(16)17/h5-7H,8H2,1-4H3,(H,16,17). The average molecular weight is 250 g/mol. The molecule has 0 spiro atoms. The Hall–Kier alpha value is -1.84. The second kappa shape index (κ2) is 5.21. The molecule has 0 aliphatic carbocycles. The molecular weight excluding hydrogens is 232 g/mol. The number of carbonyl (C=O) groups is 2. The smallest absolute Gasteiger partial charge is 0.311 e. The van der Waals surface area contributed by atoms with E-state index in [-0.39, 0.29) is 5.41 Å². The van der Waals surface area contributed by atoms with E-state index in [2.05, 4.69) is 0 Å². The maximum atomic E-state index is 11.7. The Bertz CT molecular complexity index is 469. The molecule has 1 rings (SSSR count). The van der Waals surface area contributed by atoms with Gasteiger partial charge in [-0.3, -0.25) is 9.59 Å². The zero-order chi connectivity index (χ0) is 13.9. The van der Waals surface area contributed by atoms with E-state index in [0.29, 0.717) is 11.3 Å². The highest BCUT2D eigenvalue weighted by molar-refractivity contribution is 6.05. The predicted molar refractivity (Wildman–Crippen MR) is 68.3 cm³/mol. The summed E-state index contributed by atoms with van der Waals surface area (Å²) in [5, 5.41) is 8.63. The van der Waals surface area contributed by atoms with Crippen LogP contribution in [-0.4, -0.2) is 24.0 Å². The van der Waals surface area contributed by atoms with Crippen LogP contribution in [0.4, 0.5) is 0 Å². The number of ketones is 1. The summed E-state index contributed by atoms with van der Waals surface area (Å²) in [6.07, 6.45) is -0.490. The van der Waals surface area contributed by atoms with Crippen LogP contribution in [0.3, 0.4) is 0 Å². The van der Waals surface area contributed by atoms with Crippen LogP contribution >= 0.6 is 0 Å². The van der Waals surface area contributed by atoms with Crippen LogP contribution in [0.1, 0.15) is 43.1 Å². The van der Waals surface area contributed by atoms with Gasteiger partial charge in [0, 0.05) is 11.1 Å². The van der Waals surface area contributed by atoms with Crippen LogP contribution in [0.25, 0.3) is 0 Å². The van der Waals surface area contributed by atoms with E-state index in [1.165, 1.54) is 0 Å². The molecule has 1 aromatic carbocycles. The van der Waals surface area contributed by atoms with Crippen molar-refractivity contribution < 1.29 is 19.4 Å². The highest BCUT2D eigenvalue weighted by Gasteiger charge is 2.21. The number of rotatable bonds is 4. The molecule has 0 aromatic heterocycles. The van der Waals surface area contributed by atoms with Crippen molar-refractivity contribution in [2.24, 2.45) is 0 Å². The molecule has 1 aromatic rings. The Morgan fingerprint density at radius 1 is 1.28 bits per heavy atom. The van der Waals surface area contributed by atoms with E-state index in [9.17, 15) is 9.59 Å². The normalized spacial score (nSPS) is 11.1. The van der Waals surface area contributed by atoms with Crippen LogP contribution in [0.15, 0.2) is 18.2 Å². The third-order valence-electron chi connectivity index (χ3n) is 2.64. The van der Waals surface area contributed by atoms with E-state index in [4.69, 9.17) is 9.84 Å². The molecule has 0 saturated carbocycles. The molecule has 0 aliphatic heterocycles. The molecule has 0 saturated heterocycles. The van der Waals surface area contributed by atoms with Gasteiger partial charge in [-0.05, 0) is 23.6 Å². The molecule has 0 fully saturated rings. The van der Waals surface area contributed by atoms with Crippen molar-refractivity contribution in [2.45, 2.75) is 32.6 Å². The van der Waals surface area contributed by atoms with Crippen LogP contribution in [-0.2, 0) is 10.2 Å². The highest BCUT2D eigenvalue weighted by Crippen LogP contribution is 2.32. The fourth-order valence-electron chi connectivity index (χ4n) is 1.71. The van der Waals surface area contributed by atoms with Gasteiger partial charge in [-0.2, -0.15) is 0 Å². The molecule has 0 heterocycles. The zero-order valence-corrected chi connectivity index (χ0v) is 11.1. The fraction of sp³-hybridized carbons (Fsp3) is 0.429. The molecule has 0 amide bonds. The molecule has 18 heavy (non-hydrogen) atoms. The second-order valence-electron chi connectivity index (χ2n) is 5.16. The molecule has 0 atom stereocenters. The lowest BCUT2D eigenvalue weighted by Gasteiger charge is -2.22. The second-order valence-corrected chi connectivity index (χ2v) is 5.16. The molecule has 0 radical (unpaired) electrons. The molecule has 0 aliphatic rings. The number of carboxylic acids is 1. The number of hydrogen-bond donors (Lipinski definition) is 1. The van der Waals surface area contributed by atoms with E-state index in [1.54, 1.807) is 25.3 Å². The number of carboxylic acid groups (broad SMARTS) is 1. The largest absolute Gasteiger partial charge is 0.496 e. The van der Waals surface area contributed by atoms with Gasteiger partial charge in [-0.25, -0.2) is 0 Å². The number of hydrogen-bond acceptors (Lipinski definition) is 3. The van der Waals surface area contributed by atoms with Crippen molar-refractivity contribution in [1.82, 2.24) is 0 Å². The first kappa shape index (κ1) is 14.2. The minimum absolute atomic E-state index is 0.176. The first-order valence-electron chi connectivity index (χ1n) is 5.69. The number of benzene rings is 1. The first-order chi connectivity index (χ1) is 8.25. The van der Waals surface area contributed by atoms with Gasteiger partial charge in [-0.1, -0.05) is 20.8 Å². The molecule has 4 heteroatoms. The summed E-state index contributed by atoms with van der Waals surface area (Å²) >= 11 is 0. The van der Waals surface area contributed by atoms with Crippen LogP contribution in [0, 0.1) is 0 Å². The average Bonchev–Trinajstić information content (AvgIpc) is 2.26. The summed E-state index contributed by atoms with van der Waals surface area (Å²) in [6, 6.07) is 5.01. The maximum Gasteiger partial charge on any atom is 0.311 e. The van der Waals surface area contributed by atoms with Gasteiger partial charge in [-0.15, -0.1) is 0 Å². The van der Waals surface area contributed by atoms with Gasteiger partial charge < -0.3 is 9.84 Å². The lowest BCUT2D eigenvalue weighted by atomic mass is 9.85. The molecule has 0 bridgehead atoms. The monoisotopic (exact) mass is 250 g/mol. The number of aliphatic carboxylic acids is 1. The Balaban J connectivity index is 3.19. The summed E-state index contributed by atoms with van der Waals surface area (Å²) in [5.41, 5.74) is 1.12. The summed E-state index contributed by atoms with van der Waals surface area (Å²) in [5.74, 6) is -0.807. The number of Topliss-reactive ketones (excluding diaryl/α,β-unsaturated/α-hetero) is 1. The minimum atomic E-state index is -1.12. The van der Waals surface area contributed by atoms with Crippen LogP contribution < -0.4 is 4.74 Å². The number of ether oxygens (including phenoxy) is 1. The molecule has 0 unspecified atom stereocenters. The summed E-state index contributed by atoms with van der Waals surface area (Å²) in [4.78, 5) is 22.3. The summed E-state index contributed by atoms with van der Waals surface area (Å²) in [6.45, 7) is 6.03. The van der Waals surface area contributed by atoms with Gasteiger partial charge in [0.2, 0.25) is 0 Å². The first-order valence-corrected chi connectivity index (χ1v) is 5.69. The van der Waals surface area contributed by atoms with Crippen molar-refractivity contribution in [2.75, 3.05) is 7.11 Å². The Morgan fingerprint density at radius 2 is 1.89 bits per heavy atom. The molecule has 1 N–H and O–H groups in total. The quantitative estimate of drug-likeness (QED) is 0.659. The van der Waals surface area contributed by atoms with Crippen molar-refractivity contribution in [3.05, 3.63) is 29.3 Å². The van der Waals surface area contributed by atoms with Gasteiger partial charge in [0.25, 0.3) is 0 Å². The van der Waals surface area contributed by atoms with Gasteiger partial charge >= 0.3 is 5.97 Å². The summed E-state index contributed by atoms with van der Waals surface area (Å²) < 4.78 is 5.26.